The van der Waals surface area contributed by atoms with Crippen molar-refractivity contribution in [2.45, 2.75) is 31.9 Å². The molecule has 2 unspecified atom stereocenters. The highest BCUT2D eigenvalue weighted by Crippen LogP contribution is 2.37. The van der Waals surface area contributed by atoms with Gasteiger partial charge in [-0.15, -0.1) is 0 Å². The van der Waals surface area contributed by atoms with Gasteiger partial charge in [0, 0.05) is 24.5 Å². The third kappa shape index (κ3) is 4.03. The van der Waals surface area contributed by atoms with Gasteiger partial charge < -0.3 is 16.2 Å². The maximum Gasteiger partial charge on any atom is 0.418 e. The summed E-state index contributed by atoms with van der Waals surface area (Å²) in [5.41, 5.74) is 4.86. The molecule has 6 heteroatoms. The quantitative estimate of drug-likeness (QED) is 0.746. The summed E-state index contributed by atoms with van der Waals surface area (Å²) >= 11 is 0. The van der Waals surface area contributed by atoms with Crippen LogP contribution in [0.15, 0.2) is 18.2 Å². The van der Waals surface area contributed by atoms with Gasteiger partial charge in [0.05, 0.1) is 5.56 Å². The predicted molar refractivity (Wildman–Crippen MR) is 76.9 cm³/mol. The summed E-state index contributed by atoms with van der Waals surface area (Å²) in [5, 5.41) is 12.2. The highest BCUT2D eigenvalue weighted by Gasteiger charge is 2.34. The average Bonchev–Trinajstić information content (AvgIpc) is 2.45. The topological polar surface area (TPSA) is 58.3 Å². The van der Waals surface area contributed by atoms with Gasteiger partial charge in [-0.2, -0.15) is 13.2 Å². The van der Waals surface area contributed by atoms with Crippen LogP contribution in [0.4, 0.5) is 24.5 Å². The number of nitrogen functional groups attached to an aromatic ring is 1. The first-order chi connectivity index (χ1) is 9.91. The lowest BCUT2D eigenvalue weighted by Gasteiger charge is -2.31. The zero-order valence-electron chi connectivity index (χ0n) is 11.8. The van der Waals surface area contributed by atoms with Crippen LogP contribution in [-0.2, 0) is 6.18 Å². The molecule has 21 heavy (non-hydrogen) atoms. The van der Waals surface area contributed by atoms with E-state index in [-0.39, 0.29) is 29.8 Å². The van der Waals surface area contributed by atoms with Gasteiger partial charge >= 0.3 is 6.18 Å². The molecule has 0 bridgehead atoms. The van der Waals surface area contributed by atoms with Gasteiger partial charge in [0.15, 0.2) is 0 Å². The van der Waals surface area contributed by atoms with Crippen LogP contribution in [0.3, 0.4) is 0 Å². The number of benzene rings is 1. The van der Waals surface area contributed by atoms with E-state index in [1.165, 1.54) is 12.1 Å². The molecule has 0 spiro atoms. The van der Waals surface area contributed by atoms with E-state index in [4.69, 9.17) is 5.73 Å². The molecule has 2 rings (SSSR count). The first-order valence-corrected chi connectivity index (χ1v) is 7.23. The first kappa shape index (κ1) is 15.9. The van der Waals surface area contributed by atoms with Gasteiger partial charge in [-0.25, -0.2) is 0 Å². The Balaban J connectivity index is 2.09. The summed E-state index contributed by atoms with van der Waals surface area (Å²) in [6, 6.07) is 3.78. The maximum atomic E-state index is 13.0. The Bertz CT molecular complexity index is 476. The van der Waals surface area contributed by atoms with E-state index >= 15 is 0 Å². The Kier molecular flexibility index (Phi) is 4.98. The molecule has 0 radical (unpaired) electrons. The Labute approximate surface area is 122 Å². The second-order valence-corrected chi connectivity index (χ2v) is 5.67. The summed E-state index contributed by atoms with van der Waals surface area (Å²) in [4.78, 5) is 0. The molecule has 0 aromatic heterocycles. The maximum absolute atomic E-state index is 13.0. The largest absolute Gasteiger partial charge is 0.418 e. The molecule has 118 valence electrons. The lowest BCUT2D eigenvalue weighted by atomic mass is 9.79. The molecule has 2 atom stereocenters. The van der Waals surface area contributed by atoms with Crippen LogP contribution in [0, 0.1) is 11.8 Å². The molecule has 1 aliphatic carbocycles. The number of aliphatic hydroxyl groups excluding tert-OH is 1. The van der Waals surface area contributed by atoms with Crippen molar-refractivity contribution in [3.63, 3.8) is 0 Å². The molecule has 1 fully saturated rings. The van der Waals surface area contributed by atoms with Crippen LogP contribution in [0.25, 0.3) is 0 Å². The zero-order valence-corrected chi connectivity index (χ0v) is 11.8. The van der Waals surface area contributed by atoms with Crippen LogP contribution in [-0.4, -0.2) is 18.3 Å². The molecule has 1 aliphatic rings. The third-order valence-corrected chi connectivity index (χ3v) is 4.20. The first-order valence-electron chi connectivity index (χ1n) is 7.23. The molecule has 3 nitrogen and oxygen atoms in total. The summed E-state index contributed by atoms with van der Waals surface area (Å²) in [5.74, 6) is 0.386. The summed E-state index contributed by atoms with van der Waals surface area (Å²) in [6.07, 6.45) is -0.403. The van der Waals surface area contributed by atoms with Crippen molar-refractivity contribution in [1.29, 1.82) is 0 Å². The second-order valence-electron chi connectivity index (χ2n) is 5.67. The van der Waals surface area contributed by atoms with Crippen LogP contribution < -0.4 is 11.1 Å². The van der Waals surface area contributed by atoms with Crippen molar-refractivity contribution in [2.24, 2.45) is 11.8 Å². The van der Waals surface area contributed by atoms with Crippen molar-refractivity contribution in [3.05, 3.63) is 23.8 Å². The van der Waals surface area contributed by atoms with E-state index in [2.05, 4.69) is 5.32 Å². The van der Waals surface area contributed by atoms with Gasteiger partial charge in [0.25, 0.3) is 0 Å². The van der Waals surface area contributed by atoms with Crippen molar-refractivity contribution in [3.8, 4) is 0 Å². The Morgan fingerprint density at radius 1 is 1.19 bits per heavy atom. The molecule has 0 amide bonds. The Hall–Kier alpha value is -1.43. The van der Waals surface area contributed by atoms with Crippen molar-refractivity contribution < 1.29 is 18.3 Å². The van der Waals surface area contributed by atoms with E-state index in [1.807, 2.05) is 0 Å². The van der Waals surface area contributed by atoms with Crippen LogP contribution in [0.1, 0.15) is 31.2 Å². The fourth-order valence-electron chi connectivity index (χ4n) is 2.99. The van der Waals surface area contributed by atoms with E-state index < -0.39 is 11.7 Å². The molecule has 0 aliphatic heterocycles. The number of alkyl halides is 3. The van der Waals surface area contributed by atoms with E-state index in [9.17, 15) is 18.3 Å². The predicted octanol–water partition coefficient (Wildman–Crippen LogP) is 3.50. The monoisotopic (exact) mass is 302 g/mol. The Morgan fingerprint density at radius 2 is 1.86 bits per heavy atom. The number of nitrogens with one attached hydrogen (secondary N) is 1. The summed E-state index contributed by atoms with van der Waals surface area (Å²) in [6.45, 7) is 0.540. The highest BCUT2D eigenvalue weighted by atomic mass is 19.4. The molecule has 1 aromatic carbocycles. The zero-order chi connectivity index (χ0) is 15.5. The molecule has 0 heterocycles. The minimum absolute atomic E-state index is 0.0546. The number of hydrogen-bond donors (Lipinski definition) is 3. The van der Waals surface area contributed by atoms with Gasteiger partial charge in [-0.05, 0) is 42.9 Å². The number of anilines is 2. The van der Waals surface area contributed by atoms with Gasteiger partial charge in [-0.3, -0.25) is 0 Å². The number of rotatable bonds is 4. The van der Waals surface area contributed by atoms with Crippen molar-refractivity contribution in [2.75, 3.05) is 24.2 Å². The Morgan fingerprint density at radius 3 is 2.48 bits per heavy atom. The van der Waals surface area contributed by atoms with Crippen LogP contribution in [0.2, 0.25) is 0 Å². The molecular weight excluding hydrogens is 281 g/mol. The molecular formula is C15H21F3N2O. The summed E-state index contributed by atoms with van der Waals surface area (Å²) in [7, 11) is 0. The van der Waals surface area contributed by atoms with Crippen molar-refractivity contribution in [1.82, 2.24) is 0 Å². The second kappa shape index (κ2) is 6.56. The number of halogens is 3. The third-order valence-electron chi connectivity index (χ3n) is 4.20. The normalized spacial score (nSPS) is 23.0. The fraction of sp³-hybridized carbons (Fsp3) is 0.600. The van der Waals surface area contributed by atoms with Gasteiger partial charge in [0.2, 0.25) is 0 Å². The van der Waals surface area contributed by atoms with E-state index in [0.717, 1.165) is 31.7 Å². The molecule has 0 saturated heterocycles. The van der Waals surface area contributed by atoms with E-state index in [0.29, 0.717) is 6.54 Å². The highest BCUT2D eigenvalue weighted by molar-refractivity contribution is 5.59. The number of hydrogen-bond acceptors (Lipinski definition) is 3. The lowest BCUT2D eigenvalue weighted by Crippen LogP contribution is -2.29. The van der Waals surface area contributed by atoms with Gasteiger partial charge in [-0.1, -0.05) is 12.8 Å². The molecule has 1 saturated carbocycles. The smallest absolute Gasteiger partial charge is 0.399 e. The minimum Gasteiger partial charge on any atom is -0.399 e. The molecule has 4 N–H and O–H groups in total. The SMILES string of the molecule is Nc1ccc(NCC2CCCCC2CO)c(C(F)(F)F)c1. The molecule has 1 aromatic rings. The van der Waals surface area contributed by atoms with Crippen molar-refractivity contribution >= 4 is 11.4 Å². The van der Waals surface area contributed by atoms with E-state index in [1.54, 1.807) is 0 Å². The van der Waals surface area contributed by atoms with Gasteiger partial charge in [0.1, 0.15) is 0 Å². The minimum atomic E-state index is -4.43. The number of aliphatic hydroxyl groups is 1. The fourth-order valence-corrected chi connectivity index (χ4v) is 2.99. The van der Waals surface area contributed by atoms with Crippen LogP contribution in [0.5, 0.6) is 0 Å². The average molecular weight is 302 g/mol. The van der Waals surface area contributed by atoms with Crippen LogP contribution >= 0.6 is 0 Å². The standard InChI is InChI=1S/C15H21F3N2O/c16-15(17,18)13-7-12(19)5-6-14(13)20-8-10-3-1-2-4-11(10)9-21/h5-7,10-11,20-21H,1-4,8-9,19H2. The number of nitrogens with two attached hydrogens (primary N) is 1. The lowest BCUT2D eigenvalue weighted by molar-refractivity contribution is -0.136. The summed E-state index contributed by atoms with van der Waals surface area (Å²) < 4.78 is 39.0.